The van der Waals surface area contributed by atoms with E-state index in [1.807, 2.05) is 30.5 Å². The summed E-state index contributed by atoms with van der Waals surface area (Å²) in [7, 11) is 0. The fourth-order valence-corrected chi connectivity index (χ4v) is 5.81. The molecule has 1 aliphatic heterocycles. The van der Waals surface area contributed by atoms with Gasteiger partial charge in [-0.15, -0.1) is 0 Å². The Hall–Kier alpha value is -3.44. The highest BCUT2D eigenvalue weighted by molar-refractivity contribution is 6.07. The molecule has 1 saturated heterocycles. The molecular formula is C31H37N4O+. The van der Waals surface area contributed by atoms with E-state index in [1.54, 1.807) is 6.33 Å². The number of imidazole rings is 1. The second-order valence-corrected chi connectivity index (χ2v) is 10.3. The first-order chi connectivity index (χ1) is 17.6. The number of amides is 1. The molecule has 3 aromatic carbocycles. The number of nitrogens with one attached hydrogen (secondary N) is 1. The first kappa shape index (κ1) is 24.3. The van der Waals surface area contributed by atoms with Crippen molar-refractivity contribution in [2.75, 3.05) is 32.7 Å². The Morgan fingerprint density at radius 1 is 1.03 bits per heavy atom. The molecule has 5 nitrogen and oxygen atoms in total. The van der Waals surface area contributed by atoms with E-state index in [-0.39, 0.29) is 11.9 Å². The topological polar surface area (TPSA) is 49.0 Å². The normalized spacial score (nSPS) is 16.2. The smallest absolute Gasteiger partial charge is 0.254 e. The average molecular weight is 482 g/mol. The quantitative estimate of drug-likeness (QED) is 0.317. The number of unbranched alkanes of at least 4 members (excludes halogenated alkanes) is 1. The molecule has 0 aliphatic carbocycles. The number of hydrogen-bond acceptors (Lipinski definition) is 2. The summed E-state index contributed by atoms with van der Waals surface area (Å²) in [6, 6.07) is 23.4. The lowest BCUT2D eigenvalue weighted by molar-refractivity contribution is -0.960. The van der Waals surface area contributed by atoms with E-state index in [2.05, 4.69) is 71.2 Å². The van der Waals surface area contributed by atoms with Crippen LogP contribution in [0.15, 0.2) is 79.3 Å². The van der Waals surface area contributed by atoms with E-state index in [0.717, 1.165) is 60.0 Å². The van der Waals surface area contributed by atoms with Crippen LogP contribution in [0.5, 0.6) is 0 Å². The van der Waals surface area contributed by atoms with Crippen molar-refractivity contribution in [2.24, 2.45) is 0 Å². The van der Waals surface area contributed by atoms with Gasteiger partial charge in [0.1, 0.15) is 6.04 Å². The van der Waals surface area contributed by atoms with Gasteiger partial charge in [-0.1, -0.05) is 79.6 Å². The van der Waals surface area contributed by atoms with E-state index in [4.69, 9.17) is 0 Å². The molecular weight excluding hydrogens is 444 g/mol. The van der Waals surface area contributed by atoms with Gasteiger partial charge in [0, 0.05) is 12.0 Å². The van der Waals surface area contributed by atoms with E-state index < -0.39 is 0 Å². The number of piperazine rings is 1. The van der Waals surface area contributed by atoms with Crippen LogP contribution in [-0.2, 0) is 6.42 Å². The molecule has 1 aromatic heterocycles. The molecule has 0 radical (unpaired) electrons. The number of aryl methyl sites for hydroxylation is 1. The van der Waals surface area contributed by atoms with E-state index >= 15 is 0 Å². The lowest BCUT2D eigenvalue weighted by Crippen LogP contribution is -2.62. The Kier molecular flexibility index (Phi) is 7.19. The molecule has 2 heterocycles. The summed E-state index contributed by atoms with van der Waals surface area (Å²) in [6.45, 7) is 8.95. The standard InChI is InChI=1S/C31H37N4O/c1-3-4-18-35(30(29-22-32-23-33-29)21-25-14-12-24(2)13-15-25)19-16-34(17-20-35)31(36)28-11-7-9-26-8-5-6-10-27(26)28/h5-15,22-23,30H,3-4,16-21H2,1-2H3,(H,32,33)/q+1/t30-/m0/s1. The maximum atomic E-state index is 13.7. The predicted molar refractivity (Wildman–Crippen MR) is 146 cm³/mol. The molecule has 0 spiro atoms. The zero-order chi connectivity index (χ0) is 25.0. The summed E-state index contributed by atoms with van der Waals surface area (Å²) in [6.07, 6.45) is 7.10. The molecule has 5 heteroatoms. The zero-order valence-corrected chi connectivity index (χ0v) is 21.5. The van der Waals surface area contributed by atoms with Gasteiger partial charge in [-0.25, -0.2) is 4.98 Å². The van der Waals surface area contributed by atoms with Crippen LogP contribution in [-0.4, -0.2) is 58.0 Å². The number of rotatable bonds is 8. The number of aromatic amines is 1. The molecule has 0 bridgehead atoms. The number of benzene rings is 3. The van der Waals surface area contributed by atoms with Crippen LogP contribution in [0.2, 0.25) is 0 Å². The van der Waals surface area contributed by atoms with E-state index in [9.17, 15) is 4.79 Å². The number of aromatic nitrogens is 2. The van der Waals surface area contributed by atoms with Crippen molar-refractivity contribution < 1.29 is 9.28 Å². The van der Waals surface area contributed by atoms with Gasteiger partial charge < -0.3 is 14.4 Å². The lowest BCUT2D eigenvalue weighted by Gasteiger charge is -2.49. The second kappa shape index (κ2) is 10.7. The third-order valence-electron chi connectivity index (χ3n) is 7.98. The highest BCUT2D eigenvalue weighted by Crippen LogP contribution is 2.34. The van der Waals surface area contributed by atoms with Crippen LogP contribution >= 0.6 is 0 Å². The summed E-state index contributed by atoms with van der Waals surface area (Å²) in [5, 5.41) is 2.16. The molecule has 1 atom stereocenters. The minimum absolute atomic E-state index is 0.150. The molecule has 36 heavy (non-hydrogen) atoms. The summed E-state index contributed by atoms with van der Waals surface area (Å²) in [5.41, 5.74) is 4.64. The molecule has 1 amide bonds. The summed E-state index contributed by atoms with van der Waals surface area (Å²) >= 11 is 0. The van der Waals surface area contributed by atoms with E-state index in [1.165, 1.54) is 29.7 Å². The Balaban J connectivity index is 1.41. The Labute approximate surface area is 214 Å². The van der Waals surface area contributed by atoms with Crippen molar-refractivity contribution in [3.63, 3.8) is 0 Å². The minimum Gasteiger partial charge on any atom is -0.344 e. The van der Waals surface area contributed by atoms with Crippen LogP contribution in [0.25, 0.3) is 10.8 Å². The zero-order valence-electron chi connectivity index (χ0n) is 21.5. The number of H-pyrrole nitrogens is 1. The van der Waals surface area contributed by atoms with E-state index in [0.29, 0.717) is 0 Å². The fraction of sp³-hybridized carbons (Fsp3) is 0.355. The Morgan fingerprint density at radius 3 is 2.50 bits per heavy atom. The average Bonchev–Trinajstić information content (AvgIpc) is 3.46. The first-order valence-electron chi connectivity index (χ1n) is 13.3. The van der Waals surface area contributed by atoms with Crippen LogP contribution in [0.4, 0.5) is 0 Å². The number of carbonyl (C=O) groups excluding carboxylic acids is 1. The van der Waals surface area contributed by atoms with Gasteiger partial charge in [-0.05, 0) is 35.7 Å². The second-order valence-electron chi connectivity index (χ2n) is 10.3. The van der Waals surface area contributed by atoms with Gasteiger partial charge in [0.05, 0.1) is 50.9 Å². The highest BCUT2D eigenvalue weighted by atomic mass is 16.2. The van der Waals surface area contributed by atoms with Crippen LogP contribution in [0.1, 0.15) is 53.0 Å². The molecule has 1 fully saturated rings. The number of hydrogen-bond donors (Lipinski definition) is 1. The van der Waals surface area contributed by atoms with Crippen molar-refractivity contribution in [3.8, 4) is 0 Å². The third kappa shape index (κ3) is 4.93. The van der Waals surface area contributed by atoms with Gasteiger partial charge in [0.15, 0.2) is 0 Å². The SMILES string of the molecule is CCCC[N+]1([C@@H](Cc2ccc(C)cc2)c2cnc[nH]2)CCN(C(=O)c2cccc3ccccc23)CC1. The first-order valence-corrected chi connectivity index (χ1v) is 13.3. The Bertz CT molecular complexity index is 1280. The van der Waals surface area contributed by atoms with Crippen molar-refractivity contribution >= 4 is 16.7 Å². The fourth-order valence-electron chi connectivity index (χ4n) is 5.81. The van der Waals surface area contributed by atoms with Crippen LogP contribution in [0.3, 0.4) is 0 Å². The molecule has 0 unspecified atom stereocenters. The van der Waals surface area contributed by atoms with Crippen molar-refractivity contribution in [2.45, 2.75) is 39.2 Å². The van der Waals surface area contributed by atoms with Gasteiger partial charge in [-0.2, -0.15) is 0 Å². The predicted octanol–water partition coefficient (Wildman–Crippen LogP) is 5.93. The monoisotopic (exact) mass is 481 g/mol. The third-order valence-corrected chi connectivity index (χ3v) is 7.98. The maximum Gasteiger partial charge on any atom is 0.254 e. The molecule has 186 valence electrons. The van der Waals surface area contributed by atoms with Gasteiger partial charge >= 0.3 is 0 Å². The van der Waals surface area contributed by atoms with Crippen LogP contribution < -0.4 is 0 Å². The van der Waals surface area contributed by atoms with Gasteiger partial charge in [0.2, 0.25) is 0 Å². The van der Waals surface area contributed by atoms with Crippen molar-refractivity contribution in [1.29, 1.82) is 0 Å². The summed E-state index contributed by atoms with van der Waals surface area (Å²) in [4.78, 5) is 23.6. The van der Waals surface area contributed by atoms with Gasteiger partial charge in [0.25, 0.3) is 5.91 Å². The number of nitrogens with zero attached hydrogens (tertiary/aromatic N) is 3. The minimum atomic E-state index is 0.150. The molecule has 1 aliphatic rings. The van der Waals surface area contributed by atoms with Crippen molar-refractivity contribution in [3.05, 3.63) is 102 Å². The Morgan fingerprint density at radius 2 is 1.78 bits per heavy atom. The molecule has 0 saturated carbocycles. The highest BCUT2D eigenvalue weighted by Gasteiger charge is 2.42. The molecule has 1 N–H and O–H groups in total. The summed E-state index contributed by atoms with van der Waals surface area (Å²) < 4.78 is 0.989. The number of fused-ring (bicyclic) bond motifs is 1. The van der Waals surface area contributed by atoms with Crippen molar-refractivity contribution in [1.82, 2.24) is 14.9 Å². The largest absolute Gasteiger partial charge is 0.344 e. The maximum absolute atomic E-state index is 13.7. The van der Waals surface area contributed by atoms with Crippen LogP contribution in [0, 0.1) is 6.92 Å². The number of quaternary nitrogens is 1. The molecule has 5 rings (SSSR count). The molecule has 4 aromatic rings. The number of carbonyl (C=O) groups is 1. The lowest BCUT2D eigenvalue weighted by atomic mass is 9.96. The van der Waals surface area contributed by atoms with Gasteiger partial charge in [-0.3, -0.25) is 4.79 Å². The summed E-state index contributed by atoms with van der Waals surface area (Å²) in [5.74, 6) is 0.150.